The van der Waals surface area contributed by atoms with Gasteiger partial charge in [-0.1, -0.05) is 54.1 Å². The molecule has 0 aliphatic carbocycles. The van der Waals surface area contributed by atoms with E-state index < -0.39 is 10.0 Å². The van der Waals surface area contributed by atoms with Gasteiger partial charge in [-0.05, 0) is 30.5 Å². The van der Waals surface area contributed by atoms with Crippen molar-refractivity contribution in [2.24, 2.45) is 0 Å². The first-order chi connectivity index (χ1) is 12.1. The van der Waals surface area contributed by atoms with E-state index in [9.17, 15) is 8.42 Å². The topological polar surface area (TPSA) is 49.9 Å². The van der Waals surface area contributed by atoms with Crippen molar-refractivity contribution in [3.63, 3.8) is 0 Å². The zero-order chi connectivity index (χ0) is 17.4. The fourth-order valence-electron chi connectivity index (χ4n) is 2.95. The molecule has 0 bridgehead atoms. The molecule has 0 radical (unpaired) electrons. The van der Waals surface area contributed by atoms with Gasteiger partial charge in [-0.25, -0.2) is 8.42 Å². The van der Waals surface area contributed by atoms with Gasteiger partial charge in [0.1, 0.15) is 0 Å². The van der Waals surface area contributed by atoms with Gasteiger partial charge in [-0.2, -0.15) is 0 Å². The predicted octanol–water partition coefficient (Wildman–Crippen LogP) is 3.74. The smallest absolute Gasteiger partial charge is 0.264 e. The maximum atomic E-state index is 13.3. The first kappa shape index (κ1) is 16.1. The lowest BCUT2D eigenvalue weighted by Crippen LogP contribution is -2.34. The van der Waals surface area contributed by atoms with Gasteiger partial charge in [0.2, 0.25) is 0 Å². The second kappa shape index (κ2) is 6.17. The Morgan fingerprint density at radius 3 is 2.40 bits per heavy atom. The van der Waals surface area contributed by atoms with Crippen molar-refractivity contribution < 1.29 is 13.2 Å². The molecule has 0 saturated carbocycles. The van der Waals surface area contributed by atoms with Crippen LogP contribution in [0.3, 0.4) is 0 Å². The van der Waals surface area contributed by atoms with E-state index in [0.717, 1.165) is 16.3 Å². The van der Waals surface area contributed by atoms with Crippen molar-refractivity contribution in [2.75, 3.05) is 17.5 Å². The van der Waals surface area contributed by atoms with Crippen LogP contribution >= 0.6 is 0 Å². The van der Waals surface area contributed by atoms with E-state index in [1.165, 1.54) is 4.31 Å². The highest BCUT2D eigenvalue weighted by molar-refractivity contribution is 7.92. The number of sulfonamides is 1. The summed E-state index contributed by atoms with van der Waals surface area (Å²) in [6.07, 6.45) is -0.0424. The minimum absolute atomic E-state index is 0.0424. The van der Waals surface area contributed by atoms with Crippen molar-refractivity contribution in [1.29, 1.82) is 0 Å². The van der Waals surface area contributed by atoms with Crippen LogP contribution in [0.4, 0.5) is 5.69 Å². The summed E-state index contributed by atoms with van der Waals surface area (Å²) in [6.45, 7) is 2.87. The van der Waals surface area contributed by atoms with Crippen LogP contribution in [0.5, 0.6) is 0 Å². The van der Waals surface area contributed by atoms with E-state index in [0.29, 0.717) is 23.7 Å². The number of anilines is 1. The van der Waals surface area contributed by atoms with Crippen LogP contribution < -0.4 is 4.31 Å². The van der Waals surface area contributed by atoms with E-state index >= 15 is 0 Å². The average Bonchev–Trinajstić information content (AvgIpc) is 3.44. The lowest BCUT2D eigenvalue weighted by atomic mass is 10.1. The van der Waals surface area contributed by atoms with Crippen LogP contribution in [0.1, 0.15) is 5.56 Å². The van der Waals surface area contributed by atoms with Crippen molar-refractivity contribution in [3.05, 3.63) is 72.3 Å². The molecule has 1 heterocycles. The number of ether oxygens (including phenoxy) is 1. The Morgan fingerprint density at radius 1 is 1.00 bits per heavy atom. The van der Waals surface area contributed by atoms with Crippen LogP contribution in [-0.4, -0.2) is 27.7 Å². The van der Waals surface area contributed by atoms with E-state index in [4.69, 9.17) is 4.74 Å². The van der Waals surface area contributed by atoms with Crippen LogP contribution in [0, 0.1) is 6.92 Å². The van der Waals surface area contributed by atoms with Crippen LogP contribution in [-0.2, 0) is 14.8 Å². The van der Waals surface area contributed by atoms with Gasteiger partial charge in [0.15, 0.2) is 0 Å². The van der Waals surface area contributed by atoms with Crippen LogP contribution in [0.25, 0.3) is 10.8 Å². The molecule has 1 fully saturated rings. The summed E-state index contributed by atoms with van der Waals surface area (Å²) in [4.78, 5) is 0.298. The normalized spacial score (nSPS) is 16.8. The minimum atomic E-state index is -3.66. The highest BCUT2D eigenvalue weighted by Gasteiger charge is 2.33. The number of epoxide rings is 1. The average molecular weight is 353 g/mol. The van der Waals surface area contributed by atoms with Crippen molar-refractivity contribution >= 4 is 26.5 Å². The largest absolute Gasteiger partial charge is 0.371 e. The SMILES string of the molecule is Cc1ccc(S(=O)(=O)N(C[C@H]2CO2)c2cccc3ccccc23)cc1. The molecule has 0 aromatic heterocycles. The number of nitrogens with zero attached hydrogens (tertiary/aromatic N) is 1. The number of hydrogen-bond acceptors (Lipinski definition) is 3. The van der Waals surface area contributed by atoms with Crippen molar-refractivity contribution in [1.82, 2.24) is 0 Å². The fraction of sp³-hybridized carbons (Fsp3) is 0.200. The van der Waals surface area contributed by atoms with Gasteiger partial charge in [0, 0.05) is 5.39 Å². The highest BCUT2D eigenvalue weighted by Crippen LogP contribution is 2.32. The second-order valence-electron chi connectivity index (χ2n) is 6.30. The maximum absolute atomic E-state index is 13.3. The maximum Gasteiger partial charge on any atom is 0.264 e. The van der Waals surface area contributed by atoms with Gasteiger partial charge in [0.05, 0.1) is 29.8 Å². The Morgan fingerprint density at radius 2 is 1.68 bits per heavy atom. The molecule has 0 N–H and O–H groups in total. The minimum Gasteiger partial charge on any atom is -0.371 e. The zero-order valence-electron chi connectivity index (χ0n) is 13.9. The number of benzene rings is 3. The Labute approximate surface area is 147 Å². The van der Waals surface area contributed by atoms with Crippen molar-refractivity contribution in [3.8, 4) is 0 Å². The Balaban J connectivity index is 1.86. The van der Waals surface area contributed by atoms with E-state index in [2.05, 4.69) is 0 Å². The van der Waals surface area contributed by atoms with Gasteiger partial charge in [0.25, 0.3) is 10.0 Å². The summed E-state index contributed by atoms with van der Waals surface area (Å²) >= 11 is 0. The summed E-state index contributed by atoms with van der Waals surface area (Å²) in [7, 11) is -3.66. The Kier molecular flexibility index (Phi) is 3.98. The van der Waals surface area contributed by atoms with Gasteiger partial charge >= 0.3 is 0 Å². The molecular formula is C20H19NO3S. The standard InChI is InChI=1S/C20H19NO3S/c1-15-9-11-18(12-10-15)25(22,23)21(13-17-14-24-17)20-8-4-6-16-5-2-3-7-19(16)20/h2-12,17H,13-14H2,1H3/t17-/m0/s1. The molecule has 3 aromatic carbocycles. The van der Waals surface area contributed by atoms with Gasteiger partial charge in [-0.15, -0.1) is 0 Å². The molecule has 25 heavy (non-hydrogen) atoms. The summed E-state index contributed by atoms with van der Waals surface area (Å²) < 4.78 is 33.4. The van der Waals surface area contributed by atoms with Gasteiger partial charge in [-0.3, -0.25) is 4.31 Å². The molecule has 1 saturated heterocycles. The summed E-state index contributed by atoms with van der Waals surface area (Å²) in [5.41, 5.74) is 1.72. The summed E-state index contributed by atoms with van der Waals surface area (Å²) in [5, 5.41) is 1.93. The lowest BCUT2D eigenvalue weighted by molar-refractivity contribution is 0.412. The zero-order valence-corrected chi connectivity index (χ0v) is 14.7. The molecule has 4 nitrogen and oxygen atoms in total. The molecule has 0 spiro atoms. The van der Waals surface area contributed by atoms with Gasteiger partial charge < -0.3 is 4.74 Å². The highest BCUT2D eigenvalue weighted by atomic mass is 32.2. The molecule has 0 unspecified atom stereocenters. The van der Waals surface area contributed by atoms with Crippen molar-refractivity contribution in [2.45, 2.75) is 17.9 Å². The fourth-order valence-corrected chi connectivity index (χ4v) is 4.46. The third kappa shape index (κ3) is 3.13. The second-order valence-corrected chi connectivity index (χ2v) is 8.17. The lowest BCUT2D eigenvalue weighted by Gasteiger charge is -2.25. The molecule has 1 aliphatic heterocycles. The number of hydrogen-bond donors (Lipinski definition) is 0. The van der Waals surface area contributed by atoms with Crippen LogP contribution in [0.2, 0.25) is 0 Å². The van der Waals surface area contributed by atoms with E-state index in [1.54, 1.807) is 12.1 Å². The monoisotopic (exact) mass is 353 g/mol. The predicted molar refractivity (Wildman–Crippen MR) is 99.4 cm³/mol. The number of rotatable bonds is 5. The molecular weight excluding hydrogens is 334 g/mol. The van der Waals surface area contributed by atoms with E-state index in [1.807, 2.05) is 61.5 Å². The Bertz CT molecular complexity index is 1000. The first-order valence-corrected chi connectivity index (χ1v) is 9.68. The molecule has 3 aromatic rings. The summed E-state index contributed by atoms with van der Waals surface area (Å²) in [6, 6.07) is 20.5. The Hall–Kier alpha value is -2.37. The number of aryl methyl sites for hydroxylation is 1. The molecule has 1 aliphatic rings. The van der Waals surface area contributed by atoms with Crippen LogP contribution in [0.15, 0.2) is 71.6 Å². The quantitative estimate of drug-likeness (QED) is 0.657. The molecule has 5 heteroatoms. The number of fused-ring (bicyclic) bond motifs is 1. The summed E-state index contributed by atoms with van der Waals surface area (Å²) in [5.74, 6) is 0. The first-order valence-electron chi connectivity index (χ1n) is 8.24. The van der Waals surface area contributed by atoms with E-state index in [-0.39, 0.29) is 6.10 Å². The molecule has 4 rings (SSSR count). The molecule has 0 amide bonds. The molecule has 128 valence electrons. The third-order valence-corrected chi connectivity index (χ3v) is 6.21. The third-order valence-electron chi connectivity index (χ3n) is 4.42. The molecule has 1 atom stereocenters.